The first-order valence-electron chi connectivity index (χ1n) is 4.94. The van der Waals surface area contributed by atoms with Gasteiger partial charge in [-0.1, -0.05) is 11.6 Å². The molecule has 1 aromatic carbocycles. The quantitative estimate of drug-likeness (QED) is 0.772. The molecule has 1 amide bonds. The zero-order valence-electron chi connectivity index (χ0n) is 8.72. The van der Waals surface area contributed by atoms with Crippen molar-refractivity contribution in [1.29, 1.82) is 0 Å². The van der Waals surface area contributed by atoms with Crippen molar-refractivity contribution >= 4 is 23.2 Å². The lowest BCUT2D eigenvalue weighted by molar-refractivity contribution is -0.120. The Balaban J connectivity index is 2.57. The van der Waals surface area contributed by atoms with Crippen LogP contribution < -0.4 is 11.1 Å². The summed E-state index contributed by atoms with van der Waals surface area (Å²) in [6.45, 7) is 2.55. The fraction of sp³-hybridized carbons (Fsp3) is 0.364. The molecule has 0 unspecified atom stereocenters. The third-order valence-electron chi connectivity index (χ3n) is 2.07. The van der Waals surface area contributed by atoms with E-state index in [1.807, 2.05) is 13.0 Å². The minimum absolute atomic E-state index is 0.0380. The van der Waals surface area contributed by atoms with E-state index >= 15 is 0 Å². The topological polar surface area (TPSA) is 55.1 Å². The average molecular weight is 227 g/mol. The summed E-state index contributed by atoms with van der Waals surface area (Å²) in [6.07, 6.45) is 1.06. The second kappa shape index (κ2) is 5.61. The van der Waals surface area contributed by atoms with Crippen LogP contribution in [0.3, 0.4) is 0 Å². The predicted octanol–water partition coefficient (Wildman–Crippen LogP) is 1.99. The van der Waals surface area contributed by atoms with Gasteiger partial charge in [-0.25, -0.2) is 0 Å². The Kier molecular flexibility index (Phi) is 4.43. The third kappa shape index (κ3) is 3.80. The van der Waals surface area contributed by atoms with Gasteiger partial charge < -0.3 is 11.1 Å². The first kappa shape index (κ1) is 11.9. The summed E-state index contributed by atoms with van der Waals surface area (Å²) in [7, 11) is 0. The van der Waals surface area contributed by atoms with Crippen molar-refractivity contribution in [3.63, 3.8) is 0 Å². The Hall–Kier alpha value is -1.22. The summed E-state index contributed by atoms with van der Waals surface area (Å²) in [5, 5.41) is 3.40. The highest BCUT2D eigenvalue weighted by molar-refractivity contribution is 6.31. The van der Waals surface area contributed by atoms with Crippen molar-refractivity contribution in [1.82, 2.24) is 5.32 Å². The fourth-order valence-corrected chi connectivity index (χ4v) is 1.53. The average Bonchev–Trinajstić information content (AvgIpc) is 2.20. The number of anilines is 1. The van der Waals surface area contributed by atoms with E-state index in [4.69, 9.17) is 17.3 Å². The molecule has 0 aliphatic carbocycles. The van der Waals surface area contributed by atoms with Gasteiger partial charge in [0.2, 0.25) is 5.91 Å². The molecule has 0 saturated heterocycles. The number of benzene rings is 1. The van der Waals surface area contributed by atoms with Gasteiger partial charge in [0.15, 0.2) is 0 Å². The SMILES string of the molecule is CCNC(=O)CCc1cc(N)ccc1Cl. The third-order valence-corrected chi connectivity index (χ3v) is 2.43. The van der Waals surface area contributed by atoms with Crippen molar-refractivity contribution < 1.29 is 4.79 Å². The Bertz CT molecular complexity index is 352. The van der Waals surface area contributed by atoms with E-state index in [0.29, 0.717) is 30.1 Å². The van der Waals surface area contributed by atoms with Gasteiger partial charge in [0.05, 0.1) is 0 Å². The summed E-state index contributed by atoms with van der Waals surface area (Å²) < 4.78 is 0. The number of nitrogens with one attached hydrogen (secondary N) is 1. The molecule has 0 fully saturated rings. The van der Waals surface area contributed by atoms with E-state index < -0.39 is 0 Å². The van der Waals surface area contributed by atoms with Gasteiger partial charge in [-0.15, -0.1) is 0 Å². The molecule has 1 aromatic rings. The van der Waals surface area contributed by atoms with Crippen LogP contribution in [0.2, 0.25) is 5.02 Å². The lowest BCUT2D eigenvalue weighted by atomic mass is 10.1. The molecule has 15 heavy (non-hydrogen) atoms. The second-order valence-corrected chi connectivity index (χ2v) is 3.71. The minimum Gasteiger partial charge on any atom is -0.399 e. The lowest BCUT2D eigenvalue weighted by Crippen LogP contribution is -2.22. The Labute approximate surface area is 94.6 Å². The van der Waals surface area contributed by atoms with Gasteiger partial charge in [-0.05, 0) is 37.1 Å². The van der Waals surface area contributed by atoms with Crippen LogP contribution in [0, 0.1) is 0 Å². The maximum atomic E-state index is 11.2. The van der Waals surface area contributed by atoms with E-state index in [0.717, 1.165) is 5.56 Å². The smallest absolute Gasteiger partial charge is 0.220 e. The summed E-state index contributed by atoms with van der Waals surface area (Å²) in [4.78, 5) is 11.2. The molecule has 0 aromatic heterocycles. The first-order chi connectivity index (χ1) is 7.13. The number of nitrogen functional groups attached to an aromatic ring is 1. The molecule has 0 spiro atoms. The summed E-state index contributed by atoms with van der Waals surface area (Å²) in [6, 6.07) is 5.31. The Morgan fingerprint density at radius 3 is 2.93 bits per heavy atom. The molecule has 0 heterocycles. The number of carbonyl (C=O) groups excluding carboxylic acids is 1. The van der Waals surface area contributed by atoms with Gasteiger partial charge in [0.1, 0.15) is 0 Å². The summed E-state index contributed by atoms with van der Waals surface area (Å²) >= 11 is 5.97. The zero-order valence-corrected chi connectivity index (χ0v) is 9.47. The number of rotatable bonds is 4. The number of hydrogen-bond donors (Lipinski definition) is 2. The van der Waals surface area contributed by atoms with Crippen LogP contribution >= 0.6 is 11.6 Å². The van der Waals surface area contributed by atoms with Crippen molar-refractivity contribution in [2.75, 3.05) is 12.3 Å². The van der Waals surface area contributed by atoms with Gasteiger partial charge in [0.25, 0.3) is 0 Å². The van der Waals surface area contributed by atoms with Crippen molar-refractivity contribution in [3.05, 3.63) is 28.8 Å². The fourth-order valence-electron chi connectivity index (χ4n) is 1.32. The molecular weight excluding hydrogens is 212 g/mol. The Morgan fingerprint density at radius 2 is 2.27 bits per heavy atom. The molecule has 4 heteroatoms. The van der Waals surface area contributed by atoms with Crippen LogP contribution in [0.5, 0.6) is 0 Å². The number of nitrogens with two attached hydrogens (primary N) is 1. The second-order valence-electron chi connectivity index (χ2n) is 3.30. The zero-order chi connectivity index (χ0) is 11.3. The van der Waals surface area contributed by atoms with Crippen LogP contribution in [0.1, 0.15) is 18.9 Å². The van der Waals surface area contributed by atoms with Gasteiger partial charge >= 0.3 is 0 Å². The normalized spacial score (nSPS) is 10.0. The number of halogens is 1. The molecule has 82 valence electrons. The molecule has 0 saturated carbocycles. The van der Waals surface area contributed by atoms with Crippen LogP contribution in [0.4, 0.5) is 5.69 Å². The maximum Gasteiger partial charge on any atom is 0.220 e. The maximum absolute atomic E-state index is 11.2. The lowest BCUT2D eigenvalue weighted by Gasteiger charge is -2.05. The van der Waals surface area contributed by atoms with Crippen molar-refractivity contribution in [3.8, 4) is 0 Å². The van der Waals surface area contributed by atoms with Crippen molar-refractivity contribution in [2.24, 2.45) is 0 Å². The predicted molar refractivity (Wildman–Crippen MR) is 62.9 cm³/mol. The number of aryl methyl sites for hydroxylation is 1. The number of hydrogen-bond acceptors (Lipinski definition) is 2. The molecule has 0 aliphatic rings. The van der Waals surface area contributed by atoms with Gasteiger partial charge in [-0.3, -0.25) is 4.79 Å². The standard InChI is InChI=1S/C11H15ClN2O/c1-2-14-11(15)6-3-8-7-9(13)4-5-10(8)12/h4-5,7H,2-3,6,13H2,1H3,(H,14,15). The summed E-state index contributed by atoms with van der Waals surface area (Å²) in [5.74, 6) is 0.0380. The highest BCUT2D eigenvalue weighted by Gasteiger charge is 2.04. The molecule has 1 rings (SSSR count). The van der Waals surface area contributed by atoms with Crippen LogP contribution in [0.15, 0.2) is 18.2 Å². The molecule has 0 bridgehead atoms. The van der Waals surface area contributed by atoms with E-state index in [2.05, 4.69) is 5.32 Å². The molecule has 3 N–H and O–H groups in total. The molecular formula is C11H15ClN2O. The van der Waals surface area contributed by atoms with E-state index in [-0.39, 0.29) is 5.91 Å². The number of carbonyl (C=O) groups is 1. The monoisotopic (exact) mass is 226 g/mol. The van der Waals surface area contributed by atoms with Crippen LogP contribution in [-0.2, 0) is 11.2 Å². The first-order valence-corrected chi connectivity index (χ1v) is 5.32. The largest absolute Gasteiger partial charge is 0.399 e. The molecule has 0 atom stereocenters. The van der Waals surface area contributed by atoms with E-state index in [9.17, 15) is 4.79 Å². The highest BCUT2D eigenvalue weighted by Crippen LogP contribution is 2.20. The summed E-state index contributed by atoms with van der Waals surface area (Å²) in [5.41, 5.74) is 7.22. The van der Waals surface area contributed by atoms with E-state index in [1.165, 1.54) is 0 Å². The van der Waals surface area contributed by atoms with Crippen molar-refractivity contribution in [2.45, 2.75) is 19.8 Å². The van der Waals surface area contributed by atoms with Gasteiger partial charge in [-0.2, -0.15) is 0 Å². The van der Waals surface area contributed by atoms with Crippen LogP contribution in [0.25, 0.3) is 0 Å². The number of amides is 1. The molecule has 0 radical (unpaired) electrons. The minimum atomic E-state index is 0.0380. The van der Waals surface area contributed by atoms with E-state index in [1.54, 1.807) is 12.1 Å². The highest BCUT2D eigenvalue weighted by atomic mass is 35.5. The molecule has 3 nitrogen and oxygen atoms in total. The Morgan fingerprint density at radius 1 is 1.53 bits per heavy atom. The van der Waals surface area contributed by atoms with Gasteiger partial charge in [0, 0.05) is 23.7 Å². The van der Waals surface area contributed by atoms with Crippen LogP contribution in [-0.4, -0.2) is 12.5 Å². The molecule has 0 aliphatic heterocycles.